The molecule has 0 radical (unpaired) electrons. The lowest BCUT2D eigenvalue weighted by atomic mass is 10.2. The third-order valence-corrected chi connectivity index (χ3v) is 2.85. The second-order valence-corrected chi connectivity index (χ2v) is 4.14. The summed E-state index contributed by atoms with van der Waals surface area (Å²) in [5, 5.41) is 21.5. The van der Waals surface area contributed by atoms with Gasteiger partial charge < -0.3 is 30.9 Å². The summed E-state index contributed by atoms with van der Waals surface area (Å²) in [6, 6.07) is 0. The predicted octanol–water partition coefficient (Wildman–Crippen LogP) is -0.289. The molecule has 0 aliphatic carbocycles. The van der Waals surface area contributed by atoms with Gasteiger partial charge in [0, 0.05) is 12.3 Å². The van der Waals surface area contributed by atoms with Crippen molar-refractivity contribution in [1.29, 1.82) is 0 Å². The first-order chi connectivity index (χ1) is 8.02. The minimum Gasteiger partial charge on any atom is -0.510 e. The SMILES string of the molecule is C=C1NC(N)C(C)=CN1[C@H]1C=C(O)[C@@H](CO)O1. The molecule has 94 valence electrons. The molecule has 17 heavy (non-hydrogen) atoms. The van der Waals surface area contributed by atoms with Crippen molar-refractivity contribution in [3.05, 3.63) is 36.0 Å². The maximum atomic E-state index is 9.55. The lowest BCUT2D eigenvalue weighted by molar-refractivity contribution is -0.0413. The fourth-order valence-corrected chi connectivity index (χ4v) is 1.79. The Morgan fingerprint density at radius 2 is 2.35 bits per heavy atom. The molecule has 0 aromatic rings. The monoisotopic (exact) mass is 239 g/mol. The summed E-state index contributed by atoms with van der Waals surface area (Å²) in [6.07, 6.45) is 1.95. The van der Waals surface area contributed by atoms with Gasteiger partial charge in [0.1, 0.15) is 17.7 Å². The number of nitrogens with one attached hydrogen (secondary N) is 1. The highest BCUT2D eigenvalue weighted by Crippen LogP contribution is 2.25. The Kier molecular flexibility index (Phi) is 3.10. The van der Waals surface area contributed by atoms with Crippen LogP contribution in [0.1, 0.15) is 6.92 Å². The van der Waals surface area contributed by atoms with Crippen molar-refractivity contribution in [3.63, 3.8) is 0 Å². The molecule has 6 nitrogen and oxygen atoms in total. The summed E-state index contributed by atoms with van der Waals surface area (Å²) in [4.78, 5) is 1.73. The van der Waals surface area contributed by atoms with E-state index >= 15 is 0 Å². The molecule has 0 saturated heterocycles. The topological polar surface area (TPSA) is 91.0 Å². The Morgan fingerprint density at radius 1 is 1.65 bits per heavy atom. The molecule has 0 aromatic carbocycles. The van der Waals surface area contributed by atoms with Crippen LogP contribution in [0.2, 0.25) is 0 Å². The number of aliphatic hydroxyl groups excluding tert-OH is 2. The van der Waals surface area contributed by atoms with Crippen molar-refractivity contribution in [3.8, 4) is 0 Å². The minimum absolute atomic E-state index is 0.0335. The van der Waals surface area contributed by atoms with Gasteiger partial charge in [0.05, 0.1) is 12.8 Å². The molecule has 0 amide bonds. The molecule has 1 unspecified atom stereocenters. The number of aliphatic hydroxyl groups is 2. The number of hydrogen-bond acceptors (Lipinski definition) is 6. The van der Waals surface area contributed by atoms with E-state index in [-0.39, 0.29) is 18.5 Å². The van der Waals surface area contributed by atoms with Crippen molar-refractivity contribution in [2.24, 2.45) is 5.73 Å². The Hall–Kier alpha value is -1.50. The van der Waals surface area contributed by atoms with Gasteiger partial charge in [0.25, 0.3) is 0 Å². The van der Waals surface area contributed by atoms with E-state index in [9.17, 15) is 5.11 Å². The second kappa shape index (κ2) is 4.40. The standard InChI is InChI=1S/C11H17N3O3/c1-6-4-14(7(2)13-11(6)12)10-3-8(16)9(5-15)17-10/h3-4,9-11,13,15-16H,2,5,12H2,1H3/t9-,10-,11?/m1/s1. The first kappa shape index (κ1) is 12.0. The van der Waals surface area contributed by atoms with Crippen LogP contribution in [0, 0.1) is 0 Å². The summed E-state index contributed by atoms with van der Waals surface area (Å²) < 4.78 is 5.46. The van der Waals surface area contributed by atoms with Gasteiger partial charge in [-0.05, 0) is 12.5 Å². The van der Waals surface area contributed by atoms with Crippen LogP contribution in [-0.2, 0) is 4.74 Å². The summed E-state index contributed by atoms with van der Waals surface area (Å²) in [7, 11) is 0. The fraction of sp³-hybridized carbons (Fsp3) is 0.455. The van der Waals surface area contributed by atoms with Crippen molar-refractivity contribution in [1.82, 2.24) is 10.2 Å². The molecule has 5 N–H and O–H groups in total. The molecule has 0 saturated carbocycles. The molecule has 2 aliphatic heterocycles. The highest BCUT2D eigenvalue weighted by atomic mass is 16.5. The highest BCUT2D eigenvalue weighted by Gasteiger charge is 2.32. The van der Waals surface area contributed by atoms with Crippen LogP contribution in [0.15, 0.2) is 36.0 Å². The minimum atomic E-state index is -0.669. The number of nitrogens with two attached hydrogens (primary N) is 1. The normalized spacial score (nSPS) is 33.2. The van der Waals surface area contributed by atoms with Gasteiger partial charge in [-0.25, -0.2) is 0 Å². The van der Waals surface area contributed by atoms with E-state index in [4.69, 9.17) is 15.6 Å². The van der Waals surface area contributed by atoms with Crippen LogP contribution < -0.4 is 11.1 Å². The zero-order chi connectivity index (χ0) is 12.6. The summed E-state index contributed by atoms with van der Waals surface area (Å²) >= 11 is 0. The van der Waals surface area contributed by atoms with E-state index in [1.54, 1.807) is 4.90 Å². The molecular formula is C11H17N3O3. The van der Waals surface area contributed by atoms with Gasteiger partial charge in [-0.2, -0.15) is 0 Å². The second-order valence-electron chi connectivity index (χ2n) is 4.14. The van der Waals surface area contributed by atoms with Gasteiger partial charge in [-0.1, -0.05) is 6.58 Å². The number of hydrogen-bond donors (Lipinski definition) is 4. The Balaban J connectivity index is 2.17. The molecule has 0 bridgehead atoms. The average Bonchev–Trinajstić information content (AvgIpc) is 2.65. The maximum Gasteiger partial charge on any atom is 0.158 e. The molecule has 2 aliphatic rings. The van der Waals surface area contributed by atoms with Crippen LogP contribution in [-0.4, -0.2) is 40.2 Å². The maximum absolute atomic E-state index is 9.55. The summed E-state index contributed by atoms with van der Waals surface area (Å²) in [5.74, 6) is 0.627. The van der Waals surface area contributed by atoms with Gasteiger partial charge >= 0.3 is 0 Å². The van der Waals surface area contributed by atoms with Crippen LogP contribution in [0.25, 0.3) is 0 Å². The van der Waals surface area contributed by atoms with E-state index < -0.39 is 12.3 Å². The van der Waals surface area contributed by atoms with Crippen LogP contribution in [0.3, 0.4) is 0 Å². The molecule has 0 spiro atoms. The Bertz CT molecular complexity index is 391. The van der Waals surface area contributed by atoms with Gasteiger partial charge in [-0.15, -0.1) is 0 Å². The number of nitrogens with zero attached hydrogens (tertiary/aromatic N) is 1. The van der Waals surface area contributed by atoms with Crippen LogP contribution >= 0.6 is 0 Å². The highest BCUT2D eigenvalue weighted by molar-refractivity contribution is 5.21. The smallest absolute Gasteiger partial charge is 0.158 e. The van der Waals surface area contributed by atoms with Gasteiger partial charge in [-0.3, -0.25) is 0 Å². The lowest BCUT2D eigenvalue weighted by Gasteiger charge is -2.35. The average molecular weight is 239 g/mol. The summed E-state index contributed by atoms with van der Waals surface area (Å²) in [5.41, 5.74) is 6.73. The van der Waals surface area contributed by atoms with Gasteiger partial charge in [0.2, 0.25) is 0 Å². The zero-order valence-electron chi connectivity index (χ0n) is 9.63. The Morgan fingerprint density at radius 3 is 2.94 bits per heavy atom. The zero-order valence-corrected chi connectivity index (χ0v) is 9.63. The first-order valence-corrected chi connectivity index (χ1v) is 5.37. The molecule has 0 fully saturated rings. The predicted molar refractivity (Wildman–Crippen MR) is 62.3 cm³/mol. The molecule has 6 heteroatoms. The Labute approximate surface area is 99.7 Å². The van der Waals surface area contributed by atoms with E-state index in [0.717, 1.165) is 5.57 Å². The van der Waals surface area contributed by atoms with Crippen LogP contribution in [0.5, 0.6) is 0 Å². The van der Waals surface area contributed by atoms with Crippen molar-refractivity contribution in [2.75, 3.05) is 6.61 Å². The van der Waals surface area contributed by atoms with E-state index in [1.807, 2.05) is 13.1 Å². The van der Waals surface area contributed by atoms with Crippen molar-refractivity contribution in [2.45, 2.75) is 25.4 Å². The van der Waals surface area contributed by atoms with Crippen molar-refractivity contribution < 1.29 is 14.9 Å². The van der Waals surface area contributed by atoms with E-state index in [2.05, 4.69) is 11.9 Å². The summed E-state index contributed by atoms with van der Waals surface area (Å²) in [6.45, 7) is 5.47. The van der Waals surface area contributed by atoms with Crippen molar-refractivity contribution >= 4 is 0 Å². The lowest BCUT2D eigenvalue weighted by Crippen LogP contribution is -2.48. The molecule has 2 heterocycles. The molecule has 2 rings (SSSR count). The van der Waals surface area contributed by atoms with Gasteiger partial charge in [0.15, 0.2) is 6.23 Å². The molecular weight excluding hydrogens is 222 g/mol. The molecule has 0 aromatic heterocycles. The van der Waals surface area contributed by atoms with E-state index in [1.165, 1.54) is 6.08 Å². The largest absolute Gasteiger partial charge is 0.510 e. The third kappa shape index (κ3) is 2.14. The first-order valence-electron chi connectivity index (χ1n) is 5.37. The van der Waals surface area contributed by atoms with E-state index in [0.29, 0.717) is 5.82 Å². The molecule has 3 atom stereocenters. The fourth-order valence-electron chi connectivity index (χ4n) is 1.79. The quantitative estimate of drug-likeness (QED) is 0.529. The van der Waals surface area contributed by atoms with Crippen LogP contribution in [0.4, 0.5) is 0 Å². The third-order valence-electron chi connectivity index (χ3n) is 2.85. The number of ether oxygens (including phenoxy) is 1. The number of rotatable bonds is 2.